The predicted molar refractivity (Wildman–Crippen MR) is 78.9 cm³/mol. The fourth-order valence-electron chi connectivity index (χ4n) is 2.84. The van der Waals surface area contributed by atoms with Gasteiger partial charge in [0.1, 0.15) is 11.5 Å². The molecular weight excluding hydrogens is 250 g/mol. The molecule has 0 aromatic heterocycles. The predicted octanol–water partition coefficient (Wildman–Crippen LogP) is 3.30. The van der Waals surface area contributed by atoms with Gasteiger partial charge in [-0.05, 0) is 31.0 Å². The summed E-state index contributed by atoms with van der Waals surface area (Å²) in [5.74, 6) is 0.815. The van der Waals surface area contributed by atoms with Crippen LogP contribution in [0.5, 0.6) is 11.5 Å². The maximum atomic E-state index is 9.88. The van der Waals surface area contributed by atoms with Crippen molar-refractivity contribution >= 4 is 0 Å². The minimum Gasteiger partial charge on any atom is -0.507 e. The smallest absolute Gasteiger partial charge is 0.124 e. The molecular formula is C17H19NO2. The Morgan fingerprint density at radius 2 is 1.65 bits per heavy atom. The van der Waals surface area contributed by atoms with Gasteiger partial charge in [0, 0.05) is 18.0 Å². The highest BCUT2D eigenvalue weighted by atomic mass is 16.3. The summed E-state index contributed by atoms with van der Waals surface area (Å²) in [5.41, 5.74) is 1.92. The molecule has 0 heterocycles. The van der Waals surface area contributed by atoms with E-state index in [1.54, 1.807) is 18.2 Å². The Bertz CT molecular complexity index is 577. The van der Waals surface area contributed by atoms with Gasteiger partial charge in [-0.3, -0.25) is 0 Å². The molecule has 3 rings (SSSR count). The lowest BCUT2D eigenvalue weighted by molar-refractivity contribution is 0.417. The van der Waals surface area contributed by atoms with Crippen LogP contribution in [-0.2, 0) is 0 Å². The lowest BCUT2D eigenvalue weighted by Gasteiger charge is -2.17. The van der Waals surface area contributed by atoms with E-state index in [4.69, 9.17) is 0 Å². The van der Waals surface area contributed by atoms with Crippen molar-refractivity contribution in [3.05, 3.63) is 59.7 Å². The normalized spacial score (nSPS) is 22.4. The van der Waals surface area contributed by atoms with Gasteiger partial charge < -0.3 is 15.5 Å². The van der Waals surface area contributed by atoms with Gasteiger partial charge in [-0.15, -0.1) is 0 Å². The van der Waals surface area contributed by atoms with Crippen LogP contribution in [0.15, 0.2) is 48.5 Å². The second kappa shape index (κ2) is 5.17. The Morgan fingerprint density at radius 1 is 1.00 bits per heavy atom. The summed E-state index contributed by atoms with van der Waals surface area (Å²) in [6.07, 6.45) is 1.10. The van der Waals surface area contributed by atoms with Crippen LogP contribution in [0.4, 0.5) is 0 Å². The maximum absolute atomic E-state index is 9.88. The van der Waals surface area contributed by atoms with Gasteiger partial charge in [-0.25, -0.2) is 0 Å². The molecule has 20 heavy (non-hydrogen) atoms. The Kier molecular flexibility index (Phi) is 3.36. The molecule has 1 saturated carbocycles. The van der Waals surface area contributed by atoms with Gasteiger partial charge in [0.2, 0.25) is 0 Å². The van der Waals surface area contributed by atoms with Crippen LogP contribution in [0.3, 0.4) is 0 Å². The number of benzene rings is 2. The van der Waals surface area contributed by atoms with E-state index in [1.807, 2.05) is 13.0 Å². The van der Waals surface area contributed by atoms with Crippen LogP contribution in [0.1, 0.15) is 36.4 Å². The molecule has 0 radical (unpaired) electrons. The van der Waals surface area contributed by atoms with Crippen LogP contribution in [-0.4, -0.2) is 16.3 Å². The van der Waals surface area contributed by atoms with E-state index in [9.17, 15) is 10.2 Å². The largest absolute Gasteiger partial charge is 0.507 e. The molecule has 104 valence electrons. The Balaban J connectivity index is 1.68. The first-order valence-corrected chi connectivity index (χ1v) is 6.98. The van der Waals surface area contributed by atoms with Crippen LogP contribution in [0, 0.1) is 0 Å². The summed E-state index contributed by atoms with van der Waals surface area (Å²) in [6.45, 7) is 1.97. The minimum absolute atomic E-state index is 0.0742. The first-order chi connectivity index (χ1) is 9.66. The molecule has 3 atom stereocenters. The summed E-state index contributed by atoms with van der Waals surface area (Å²) in [7, 11) is 0. The number of hydrogen-bond acceptors (Lipinski definition) is 3. The topological polar surface area (TPSA) is 52.5 Å². The lowest BCUT2D eigenvalue weighted by atomic mass is 10.1. The Morgan fingerprint density at radius 3 is 2.30 bits per heavy atom. The highest BCUT2D eigenvalue weighted by molar-refractivity contribution is 5.45. The molecule has 3 unspecified atom stereocenters. The summed E-state index contributed by atoms with van der Waals surface area (Å²) in [4.78, 5) is 0. The van der Waals surface area contributed by atoms with E-state index in [2.05, 4.69) is 29.6 Å². The number of nitrogens with one attached hydrogen (secondary N) is 1. The summed E-state index contributed by atoms with van der Waals surface area (Å²) < 4.78 is 0. The SMILES string of the molecule is CC(NC1CC1c1ccccc1)c1c(O)cccc1O. The van der Waals surface area contributed by atoms with Crippen molar-refractivity contribution < 1.29 is 10.2 Å². The fourth-order valence-corrected chi connectivity index (χ4v) is 2.84. The molecule has 1 aliphatic carbocycles. The second-order valence-corrected chi connectivity index (χ2v) is 5.46. The third-order valence-corrected chi connectivity index (χ3v) is 3.98. The number of phenols is 2. The van der Waals surface area contributed by atoms with Crippen LogP contribution in [0.2, 0.25) is 0 Å². The number of aromatic hydroxyl groups is 2. The molecule has 2 aromatic carbocycles. The summed E-state index contributed by atoms with van der Waals surface area (Å²) in [5, 5.41) is 23.2. The molecule has 0 bridgehead atoms. The second-order valence-electron chi connectivity index (χ2n) is 5.46. The maximum Gasteiger partial charge on any atom is 0.124 e. The standard InChI is InChI=1S/C17H19NO2/c1-11(17-15(19)8-5-9-16(17)20)18-14-10-13(14)12-6-3-2-4-7-12/h2-9,11,13-14,18-20H,10H2,1H3. The van der Waals surface area contributed by atoms with Crippen LogP contribution in [0.25, 0.3) is 0 Å². The zero-order valence-electron chi connectivity index (χ0n) is 11.5. The summed E-state index contributed by atoms with van der Waals surface area (Å²) in [6, 6.07) is 15.6. The highest BCUT2D eigenvalue weighted by Gasteiger charge is 2.39. The average molecular weight is 269 g/mol. The highest BCUT2D eigenvalue weighted by Crippen LogP contribution is 2.43. The summed E-state index contributed by atoms with van der Waals surface area (Å²) >= 11 is 0. The Hall–Kier alpha value is -2.00. The van der Waals surface area contributed by atoms with Crippen molar-refractivity contribution in [3.8, 4) is 11.5 Å². The van der Waals surface area contributed by atoms with Gasteiger partial charge in [0.05, 0.1) is 5.56 Å². The minimum atomic E-state index is -0.0742. The van der Waals surface area contributed by atoms with E-state index in [0.717, 1.165) is 6.42 Å². The third-order valence-electron chi connectivity index (χ3n) is 3.98. The molecule has 1 aliphatic rings. The Labute approximate surface area is 118 Å². The van der Waals surface area contributed by atoms with Crippen molar-refractivity contribution in [2.75, 3.05) is 0 Å². The van der Waals surface area contributed by atoms with Crippen molar-refractivity contribution in [2.45, 2.75) is 31.3 Å². The zero-order chi connectivity index (χ0) is 14.1. The first-order valence-electron chi connectivity index (χ1n) is 6.98. The first kappa shape index (κ1) is 13.0. The van der Waals surface area contributed by atoms with Gasteiger partial charge in [0.15, 0.2) is 0 Å². The van der Waals surface area contributed by atoms with Crippen molar-refractivity contribution in [2.24, 2.45) is 0 Å². The molecule has 3 N–H and O–H groups in total. The third kappa shape index (κ3) is 2.49. The van der Waals surface area contributed by atoms with Crippen LogP contribution < -0.4 is 5.32 Å². The monoisotopic (exact) mass is 269 g/mol. The molecule has 0 aliphatic heterocycles. The van der Waals surface area contributed by atoms with Gasteiger partial charge in [0.25, 0.3) is 0 Å². The van der Waals surface area contributed by atoms with Gasteiger partial charge in [-0.2, -0.15) is 0 Å². The van der Waals surface area contributed by atoms with Crippen molar-refractivity contribution in [1.82, 2.24) is 5.32 Å². The molecule has 0 amide bonds. The molecule has 0 saturated heterocycles. The lowest BCUT2D eigenvalue weighted by Crippen LogP contribution is -2.22. The van der Waals surface area contributed by atoms with E-state index >= 15 is 0 Å². The van der Waals surface area contributed by atoms with E-state index in [1.165, 1.54) is 5.56 Å². The van der Waals surface area contributed by atoms with Crippen LogP contribution >= 0.6 is 0 Å². The van der Waals surface area contributed by atoms with E-state index in [-0.39, 0.29) is 17.5 Å². The molecule has 0 spiro atoms. The quantitative estimate of drug-likeness (QED) is 0.798. The van der Waals surface area contributed by atoms with Crippen molar-refractivity contribution in [3.63, 3.8) is 0 Å². The van der Waals surface area contributed by atoms with Gasteiger partial charge in [-0.1, -0.05) is 36.4 Å². The molecule has 1 fully saturated rings. The number of phenolic OH excluding ortho intramolecular Hbond substituents is 2. The van der Waals surface area contributed by atoms with Gasteiger partial charge >= 0.3 is 0 Å². The number of hydrogen-bond donors (Lipinski definition) is 3. The molecule has 3 nitrogen and oxygen atoms in total. The fraction of sp³-hybridized carbons (Fsp3) is 0.294. The molecule has 2 aromatic rings. The molecule has 3 heteroatoms. The number of rotatable bonds is 4. The van der Waals surface area contributed by atoms with Crippen molar-refractivity contribution in [1.29, 1.82) is 0 Å². The van der Waals surface area contributed by atoms with E-state index < -0.39 is 0 Å². The van der Waals surface area contributed by atoms with E-state index in [0.29, 0.717) is 17.5 Å². The average Bonchev–Trinajstić information content (AvgIpc) is 3.19. The zero-order valence-corrected chi connectivity index (χ0v) is 11.5.